The van der Waals surface area contributed by atoms with E-state index in [-0.39, 0.29) is 17.8 Å². The maximum Gasteiger partial charge on any atom is 0.241 e. The Bertz CT molecular complexity index is 489. The molecule has 1 heterocycles. The molecule has 2 atom stereocenters. The number of rotatable bonds is 3. The van der Waals surface area contributed by atoms with Gasteiger partial charge in [0.2, 0.25) is 5.91 Å². The third kappa shape index (κ3) is 3.57. The van der Waals surface area contributed by atoms with Crippen LogP contribution in [-0.2, 0) is 4.79 Å². The van der Waals surface area contributed by atoms with Crippen LogP contribution in [0.5, 0.6) is 0 Å². The van der Waals surface area contributed by atoms with Crippen molar-refractivity contribution in [3.8, 4) is 0 Å². The summed E-state index contributed by atoms with van der Waals surface area (Å²) >= 11 is 0. The van der Waals surface area contributed by atoms with E-state index >= 15 is 0 Å². The average Bonchev–Trinajstić information content (AvgIpc) is 2.42. The van der Waals surface area contributed by atoms with E-state index in [0.29, 0.717) is 17.2 Å². The predicted octanol–water partition coefficient (Wildman–Crippen LogP) is 3.19. The molecule has 0 aliphatic carbocycles. The molecule has 1 aromatic rings. The Morgan fingerprint density at radius 3 is 2.90 bits per heavy atom. The van der Waals surface area contributed by atoms with Crippen molar-refractivity contribution in [2.24, 2.45) is 5.92 Å². The second-order valence-corrected chi connectivity index (χ2v) is 5.87. The number of hydrogen-bond acceptors (Lipinski definition) is 2. The van der Waals surface area contributed by atoms with Crippen LogP contribution in [0.3, 0.4) is 0 Å². The van der Waals surface area contributed by atoms with Gasteiger partial charge >= 0.3 is 0 Å². The zero-order chi connectivity index (χ0) is 14.7. The molecule has 1 amide bonds. The molecule has 110 valence electrons. The highest BCUT2D eigenvalue weighted by molar-refractivity contribution is 5.94. The summed E-state index contributed by atoms with van der Waals surface area (Å²) in [5.74, 6) is 0.278. The predicted molar refractivity (Wildman–Crippen MR) is 79.2 cm³/mol. The van der Waals surface area contributed by atoms with Gasteiger partial charge in [-0.25, -0.2) is 4.39 Å². The summed E-state index contributed by atoms with van der Waals surface area (Å²) in [5.41, 5.74) is 1.11. The molecule has 0 aromatic heterocycles. The minimum Gasteiger partial charge on any atom is -0.325 e. The van der Waals surface area contributed by atoms with E-state index in [0.717, 1.165) is 19.5 Å². The second-order valence-electron chi connectivity index (χ2n) is 5.87. The van der Waals surface area contributed by atoms with E-state index in [2.05, 4.69) is 17.1 Å². The first-order chi connectivity index (χ1) is 9.47. The number of nitrogens with one attached hydrogen (secondary N) is 1. The number of amides is 1. The van der Waals surface area contributed by atoms with Crippen LogP contribution in [0.15, 0.2) is 18.2 Å². The third-order valence-electron chi connectivity index (χ3n) is 4.05. The summed E-state index contributed by atoms with van der Waals surface area (Å²) in [4.78, 5) is 14.4. The molecule has 0 radical (unpaired) electrons. The van der Waals surface area contributed by atoms with Crippen molar-refractivity contribution in [2.45, 2.75) is 39.7 Å². The largest absolute Gasteiger partial charge is 0.325 e. The number of aryl methyl sites for hydroxylation is 1. The summed E-state index contributed by atoms with van der Waals surface area (Å²) < 4.78 is 13.5. The molecule has 1 aliphatic rings. The van der Waals surface area contributed by atoms with Gasteiger partial charge in [-0.2, -0.15) is 0 Å². The lowest BCUT2D eigenvalue weighted by molar-refractivity contribution is -0.121. The fourth-order valence-corrected chi connectivity index (χ4v) is 2.66. The molecule has 2 rings (SSSR count). The normalized spacial score (nSPS) is 21.5. The number of piperidine rings is 1. The maximum atomic E-state index is 13.5. The van der Waals surface area contributed by atoms with E-state index < -0.39 is 0 Å². The van der Waals surface area contributed by atoms with Crippen LogP contribution in [0.2, 0.25) is 0 Å². The van der Waals surface area contributed by atoms with Crippen molar-refractivity contribution in [1.82, 2.24) is 4.90 Å². The number of carbonyl (C=O) groups is 1. The van der Waals surface area contributed by atoms with Crippen LogP contribution in [-0.4, -0.2) is 29.9 Å². The van der Waals surface area contributed by atoms with Crippen LogP contribution in [0.1, 0.15) is 32.3 Å². The maximum absolute atomic E-state index is 13.5. The lowest BCUT2D eigenvalue weighted by Gasteiger charge is -2.34. The first-order valence-electron chi connectivity index (χ1n) is 7.28. The smallest absolute Gasteiger partial charge is 0.241 e. The number of anilines is 1. The summed E-state index contributed by atoms with van der Waals surface area (Å²) in [6.45, 7) is 7.75. The molecule has 1 aromatic carbocycles. The summed E-state index contributed by atoms with van der Waals surface area (Å²) in [7, 11) is 0. The second kappa shape index (κ2) is 6.35. The molecule has 20 heavy (non-hydrogen) atoms. The molecule has 1 aliphatic heterocycles. The number of halogens is 1. The molecule has 4 heteroatoms. The van der Waals surface area contributed by atoms with E-state index in [1.165, 1.54) is 12.5 Å². The van der Waals surface area contributed by atoms with E-state index in [9.17, 15) is 9.18 Å². The highest BCUT2D eigenvalue weighted by Crippen LogP contribution is 2.19. The Hall–Kier alpha value is -1.42. The quantitative estimate of drug-likeness (QED) is 0.921. The minimum absolute atomic E-state index is 0.0673. The Kier molecular flexibility index (Phi) is 4.76. The average molecular weight is 278 g/mol. The molecule has 1 fully saturated rings. The Balaban J connectivity index is 1.98. The molecule has 0 unspecified atom stereocenters. The standard InChI is InChI=1S/C16H23FN2O/c1-11-5-4-8-19(10-11)13(3)16(20)18-14-7-6-12(2)15(17)9-14/h6-7,9,11,13H,4-5,8,10H2,1-3H3,(H,18,20)/t11-,13-/m0/s1. The van der Waals surface area contributed by atoms with Crippen molar-refractivity contribution in [3.05, 3.63) is 29.6 Å². The molecule has 0 spiro atoms. The van der Waals surface area contributed by atoms with Crippen LogP contribution < -0.4 is 5.32 Å². The first-order valence-corrected chi connectivity index (χ1v) is 7.28. The molecule has 1 saturated heterocycles. The molecular formula is C16H23FN2O. The minimum atomic E-state index is -0.290. The van der Waals surface area contributed by atoms with Gasteiger partial charge in [0, 0.05) is 12.2 Å². The van der Waals surface area contributed by atoms with Crippen LogP contribution in [0, 0.1) is 18.7 Å². The van der Waals surface area contributed by atoms with Crippen molar-refractivity contribution in [1.29, 1.82) is 0 Å². The SMILES string of the molecule is Cc1ccc(NC(=O)[C@H](C)N2CCC[C@H](C)C2)cc1F. The summed E-state index contributed by atoms with van der Waals surface area (Å²) in [6, 6.07) is 4.61. The van der Waals surface area contributed by atoms with E-state index in [1.807, 2.05) is 6.92 Å². The highest BCUT2D eigenvalue weighted by Gasteiger charge is 2.25. The van der Waals surface area contributed by atoms with Crippen LogP contribution in [0.25, 0.3) is 0 Å². The topological polar surface area (TPSA) is 32.3 Å². The molecule has 1 N–H and O–H groups in total. The van der Waals surface area contributed by atoms with Gasteiger partial charge in [0.05, 0.1) is 6.04 Å². The molecule has 0 saturated carbocycles. The fourth-order valence-electron chi connectivity index (χ4n) is 2.66. The summed E-state index contributed by atoms with van der Waals surface area (Å²) in [6.07, 6.45) is 2.37. The monoisotopic (exact) mass is 278 g/mol. The highest BCUT2D eigenvalue weighted by atomic mass is 19.1. The van der Waals surface area contributed by atoms with Gasteiger partial charge in [0.1, 0.15) is 5.82 Å². The van der Waals surface area contributed by atoms with E-state index in [1.54, 1.807) is 19.1 Å². The van der Waals surface area contributed by atoms with Gasteiger partial charge in [0.25, 0.3) is 0 Å². The third-order valence-corrected chi connectivity index (χ3v) is 4.05. The molecule has 3 nitrogen and oxygen atoms in total. The van der Waals surface area contributed by atoms with Crippen LogP contribution in [0.4, 0.5) is 10.1 Å². The van der Waals surface area contributed by atoms with Crippen molar-refractivity contribution in [2.75, 3.05) is 18.4 Å². The lowest BCUT2D eigenvalue weighted by Crippen LogP contribution is -2.46. The van der Waals surface area contributed by atoms with Crippen LogP contribution >= 0.6 is 0 Å². The van der Waals surface area contributed by atoms with Gasteiger partial charge in [-0.1, -0.05) is 13.0 Å². The lowest BCUT2D eigenvalue weighted by atomic mass is 9.99. The zero-order valence-corrected chi connectivity index (χ0v) is 12.4. The van der Waals surface area contributed by atoms with Gasteiger partial charge in [-0.15, -0.1) is 0 Å². The Labute approximate surface area is 120 Å². The number of hydrogen-bond donors (Lipinski definition) is 1. The number of benzene rings is 1. The Morgan fingerprint density at radius 2 is 2.25 bits per heavy atom. The molecule has 0 bridgehead atoms. The zero-order valence-electron chi connectivity index (χ0n) is 12.4. The number of carbonyl (C=O) groups excluding carboxylic acids is 1. The van der Waals surface area contributed by atoms with Gasteiger partial charge in [-0.3, -0.25) is 9.69 Å². The van der Waals surface area contributed by atoms with Gasteiger partial charge < -0.3 is 5.32 Å². The fraction of sp³-hybridized carbons (Fsp3) is 0.562. The van der Waals surface area contributed by atoms with E-state index in [4.69, 9.17) is 0 Å². The number of likely N-dealkylation sites (tertiary alicyclic amines) is 1. The van der Waals surface area contributed by atoms with Gasteiger partial charge in [0.15, 0.2) is 0 Å². The Morgan fingerprint density at radius 1 is 1.50 bits per heavy atom. The van der Waals surface area contributed by atoms with Gasteiger partial charge in [-0.05, 0) is 56.8 Å². The molecular weight excluding hydrogens is 255 g/mol. The van der Waals surface area contributed by atoms with Crippen molar-refractivity contribution < 1.29 is 9.18 Å². The summed E-state index contributed by atoms with van der Waals surface area (Å²) in [5, 5.41) is 2.80. The first kappa shape index (κ1) is 15.0. The number of nitrogens with zero attached hydrogens (tertiary/aromatic N) is 1. The van der Waals surface area contributed by atoms with Crippen molar-refractivity contribution >= 4 is 11.6 Å². The van der Waals surface area contributed by atoms with Crippen molar-refractivity contribution in [3.63, 3.8) is 0 Å².